The predicted octanol–water partition coefficient (Wildman–Crippen LogP) is 1.70. The highest BCUT2D eigenvalue weighted by Crippen LogP contribution is 2.26. The third-order valence-electron chi connectivity index (χ3n) is 2.31. The number of aliphatic imine (C=N–C) groups is 1. The summed E-state index contributed by atoms with van der Waals surface area (Å²) in [7, 11) is 1.58. The molecule has 0 bridgehead atoms. The first kappa shape index (κ1) is 16.5. The van der Waals surface area contributed by atoms with Crippen LogP contribution in [0.15, 0.2) is 29.3 Å². The zero-order chi connectivity index (χ0) is 12.2. The first-order valence-corrected chi connectivity index (χ1v) is 5.28. The smallest absolute Gasteiger partial charge is 0.188 e. The summed E-state index contributed by atoms with van der Waals surface area (Å²) < 4.78 is 0. The van der Waals surface area contributed by atoms with Crippen molar-refractivity contribution in [1.29, 1.82) is 0 Å². The third kappa shape index (κ3) is 4.69. The number of aliphatic hydroxyl groups is 1. The minimum atomic E-state index is -1.09. The van der Waals surface area contributed by atoms with Crippen LogP contribution in [0, 0.1) is 0 Å². The molecule has 1 atom stereocenters. The minimum absolute atomic E-state index is 0. The number of nitrogens with zero attached hydrogens (tertiary/aromatic N) is 1. The lowest BCUT2D eigenvalue weighted by Crippen LogP contribution is -2.42. The fraction of sp³-hybridized carbons (Fsp3) is 0.364. The molecule has 6 heteroatoms. The number of nitrogens with one attached hydrogen (secondary N) is 1. The van der Waals surface area contributed by atoms with E-state index in [1.165, 1.54) is 0 Å². The summed E-state index contributed by atoms with van der Waals surface area (Å²) in [6.07, 6.45) is 0. The second-order valence-corrected chi connectivity index (χ2v) is 4.12. The minimum Gasteiger partial charge on any atom is -0.384 e. The van der Waals surface area contributed by atoms with Crippen molar-refractivity contribution in [3.8, 4) is 0 Å². The zero-order valence-electron chi connectivity index (χ0n) is 9.77. The lowest BCUT2D eigenvalue weighted by Gasteiger charge is -2.25. The Morgan fingerprint density at radius 3 is 2.65 bits per heavy atom. The van der Waals surface area contributed by atoms with Gasteiger partial charge in [-0.15, -0.1) is 24.0 Å². The van der Waals surface area contributed by atoms with Gasteiger partial charge in [0.05, 0.1) is 6.54 Å². The number of hydrogen-bond donors (Lipinski definition) is 3. The average molecular weight is 370 g/mol. The van der Waals surface area contributed by atoms with Gasteiger partial charge in [-0.3, -0.25) is 4.99 Å². The molecule has 0 amide bonds. The third-order valence-corrected chi connectivity index (χ3v) is 2.64. The standard InChI is InChI=1S/C11H16ClN3O.HI/c1-11(16,7-15-10(13)14-2)8-5-3-4-6-9(8)12;/h3-6,16H,7H2,1-2H3,(H3,13,14,15);1H. The fourth-order valence-corrected chi connectivity index (χ4v) is 1.67. The van der Waals surface area contributed by atoms with Crippen molar-refractivity contribution in [1.82, 2.24) is 5.32 Å². The van der Waals surface area contributed by atoms with Crippen LogP contribution in [0.25, 0.3) is 0 Å². The van der Waals surface area contributed by atoms with Gasteiger partial charge < -0.3 is 16.2 Å². The lowest BCUT2D eigenvalue weighted by atomic mass is 9.96. The molecule has 4 nitrogen and oxygen atoms in total. The van der Waals surface area contributed by atoms with E-state index < -0.39 is 5.60 Å². The Labute approximate surface area is 123 Å². The Kier molecular flexibility index (Phi) is 6.81. The summed E-state index contributed by atoms with van der Waals surface area (Å²) in [6.45, 7) is 1.92. The van der Waals surface area contributed by atoms with Crippen molar-refractivity contribution < 1.29 is 5.11 Å². The molecule has 4 N–H and O–H groups in total. The van der Waals surface area contributed by atoms with Crippen LogP contribution in [0.1, 0.15) is 12.5 Å². The van der Waals surface area contributed by atoms with Crippen molar-refractivity contribution >= 4 is 41.5 Å². The van der Waals surface area contributed by atoms with Gasteiger partial charge in [0.2, 0.25) is 0 Å². The Hall–Kier alpha value is -0.530. The van der Waals surface area contributed by atoms with Crippen LogP contribution < -0.4 is 11.1 Å². The van der Waals surface area contributed by atoms with E-state index >= 15 is 0 Å². The summed E-state index contributed by atoms with van der Waals surface area (Å²) in [5.41, 5.74) is 5.06. The second-order valence-electron chi connectivity index (χ2n) is 3.72. The average Bonchev–Trinajstić information content (AvgIpc) is 2.26. The van der Waals surface area contributed by atoms with Gasteiger partial charge in [-0.25, -0.2) is 0 Å². The van der Waals surface area contributed by atoms with Crippen molar-refractivity contribution in [2.75, 3.05) is 13.6 Å². The SMILES string of the molecule is CN=C(N)NCC(C)(O)c1ccccc1Cl.I. The fourth-order valence-electron chi connectivity index (χ4n) is 1.33. The van der Waals surface area contributed by atoms with Crippen molar-refractivity contribution in [2.45, 2.75) is 12.5 Å². The molecule has 1 aromatic carbocycles. The molecule has 0 aliphatic heterocycles. The van der Waals surface area contributed by atoms with Crippen LogP contribution in [0.4, 0.5) is 0 Å². The molecule has 0 heterocycles. The lowest BCUT2D eigenvalue weighted by molar-refractivity contribution is 0.0620. The van der Waals surface area contributed by atoms with Crippen LogP contribution in [-0.4, -0.2) is 24.7 Å². The highest BCUT2D eigenvalue weighted by Gasteiger charge is 2.25. The van der Waals surface area contributed by atoms with E-state index in [9.17, 15) is 5.11 Å². The summed E-state index contributed by atoms with van der Waals surface area (Å²) >= 11 is 6.01. The Morgan fingerprint density at radius 2 is 2.12 bits per heavy atom. The predicted molar refractivity (Wildman–Crippen MR) is 82.0 cm³/mol. The summed E-state index contributed by atoms with van der Waals surface area (Å²) in [5.74, 6) is 0.285. The van der Waals surface area contributed by atoms with Crippen molar-refractivity contribution in [2.24, 2.45) is 10.7 Å². The first-order valence-electron chi connectivity index (χ1n) is 4.91. The molecule has 1 aromatic rings. The van der Waals surface area contributed by atoms with E-state index in [0.717, 1.165) is 0 Å². The maximum atomic E-state index is 10.3. The summed E-state index contributed by atoms with van der Waals surface area (Å²) in [5, 5.41) is 13.6. The largest absolute Gasteiger partial charge is 0.384 e. The molecule has 0 radical (unpaired) electrons. The van der Waals surface area contributed by atoms with Gasteiger partial charge in [-0.1, -0.05) is 29.8 Å². The van der Waals surface area contributed by atoms with Crippen molar-refractivity contribution in [3.63, 3.8) is 0 Å². The van der Waals surface area contributed by atoms with E-state index in [4.69, 9.17) is 17.3 Å². The van der Waals surface area contributed by atoms with Gasteiger partial charge in [0.1, 0.15) is 5.60 Å². The van der Waals surface area contributed by atoms with Crippen LogP contribution in [-0.2, 0) is 5.60 Å². The number of nitrogens with two attached hydrogens (primary N) is 1. The maximum absolute atomic E-state index is 10.3. The number of hydrogen-bond acceptors (Lipinski definition) is 2. The van der Waals surface area contributed by atoms with Crippen molar-refractivity contribution in [3.05, 3.63) is 34.9 Å². The highest BCUT2D eigenvalue weighted by molar-refractivity contribution is 14.0. The normalized spacial score (nSPS) is 14.7. The Balaban J connectivity index is 0.00000256. The molecule has 1 rings (SSSR count). The monoisotopic (exact) mass is 369 g/mol. The molecule has 0 aromatic heterocycles. The molecular weight excluding hydrogens is 352 g/mol. The van der Waals surface area contributed by atoms with Crippen LogP contribution in [0.2, 0.25) is 5.02 Å². The van der Waals surface area contributed by atoms with Gasteiger partial charge in [0.15, 0.2) is 5.96 Å². The quantitative estimate of drug-likeness (QED) is 0.431. The topological polar surface area (TPSA) is 70.6 Å². The first-order chi connectivity index (χ1) is 7.47. The highest BCUT2D eigenvalue weighted by atomic mass is 127. The van der Waals surface area contributed by atoms with E-state index in [-0.39, 0.29) is 36.5 Å². The number of halogens is 2. The summed E-state index contributed by atoms with van der Waals surface area (Å²) in [4.78, 5) is 3.75. The van der Waals surface area contributed by atoms with Crippen LogP contribution in [0.3, 0.4) is 0 Å². The molecule has 0 spiro atoms. The molecule has 0 saturated carbocycles. The van der Waals surface area contributed by atoms with Crippen LogP contribution >= 0.6 is 35.6 Å². The maximum Gasteiger partial charge on any atom is 0.188 e. The number of rotatable bonds is 3. The van der Waals surface area contributed by atoms with Gasteiger partial charge in [-0.2, -0.15) is 0 Å². The van der Waals surface area contributed by atoms with E-state index in [1.54, 1.807) is 26.1 Å². The number of guanidine groups is 1. The molecule has 96 valence electrons. The molecule has 0 saturated heterocycles. The van der Waals surface area contributed by atoms with Crippen LogP contribution in [0.5, 0.6) is 0 Å². The van der Waals surface area contributed by atoms with E-state index in [1.807, 2.05) is 12.1 Å². The molecule has 1 unspecified atom stereocenters. The summed E-state index contributed by atoms with van der Waals surface area (Å²) in [6, 6.07) is 7.16. The Morgan fingerprint density at radius 1 is 1.53 bits per heavy atom. The van der Waals surface area contributed by atoms with E-state index in [0.29, 0.717) is 10.6 Å². The Bertz CT molecular complexity index is 396. The molecule has 0 fully saturated rings. The van der Waals surface area contributed by atoms with Gasteiger partial charge >= 0.3 is 0 Å². The zero-order valence-corrected chi connectivity index (χ0v) is 12.9. The second kappa shape index (κ2) is 7.03. The number of benzene rings is 1. The molecular formula is C11H17ClIN3O. The molecule has 17 heavy (non-hydrogen) atoms. The van der Waals surface area contributed by atoms with Gasteiger partial charge in [0, 0.05) is 17.6 Å². The molecule has 0 aliphatic carbocycles. The van der Waals surface area contributed by atoms with Gasteiger partial charge in [-0.05, 0) is 13.0 Å². The van der Waals surface area contributed by atoms with E-state index in [2.05, 4.69) is 10.3 Å². The van der Waals surface area contributed by atoms with Gasteiger partial charge in [0.25, 0.3) is 0 Å². The molecule has 0 aliphatic rings.